The summed E-state index contributed by atoms with van der Waals surface area (Å²) in [5, 5.41) is 3.30. The summed E-state index contributed by atoms with van der Waals surface area (Å²) in [5.74, 6) is 3.89. The summed E-state index contributed by atoms with van der Waals surface area (Å²) in [7, 11) is 0. The lowest BCUT2D eigenvalue weighted by Crippen LogP contribution is -2.34. The van der Waals surface area contributed by atoms with Crippen molar-refractivity contribution in [2.75, 3.05) is 29.9 Å². The number of piperidine rings is 1. The molecule has 0 aromatic carbocycles. The Bertz CT molecular complexity index is 397. The largest absolute Gasteiger partial charge is 0.370 e. The van der Waals surface area contributed by atoms with Crippen LogP contribution in [0.3, 0.4) is 0 Å². The number of rotatable bonds is 5. The molecule has 2 heterocycles. The predicted octanol–water partition coefficient (Wildman–Crippen LogP) is 3.10. The maximum Gasteiger partial charge on any atom is 0.134 e. The van der Waals surface area contributed by atoms with E-state index in [1.807, 2.05) is 0 Å². The van der Waals surface area contributed by atoms with Crippen molar-refractivity contribution in [3.63, 3.8) is 0 Å². The van der Waals surface area contributed by atoms with Gasteiger partial charge in [-0.05, 0) is 25.7 Å². The van der Waals surface area contributed by atoms with E-state index in [2.05, 4.69) is 47.0 Å². The number of nitrogens with zero attached hydrogens (tertiary/aromatic N) is 3. The molecule has 1 aliphatic heterocycles. The first-order valence-electron chi connectivity index (χ1n) is 7.63. The Labute approximate surface area is 116 Å². The van der Waals surface area contributed by atoms with Gasteiger partial charge in [0.2, 0.25) is 0 Å². The van der Waals surface area contributed by atoms with Gasteiger partial charge < -0.3 is 10.2 Å². The van der Waals surface area contributed by atoms with Crippen LogP contribution in [0.2, 0.25) is 0 Å². The van der Waals surface area contributed by atoms with E-state index >= 15 is 0 Å². The molecule has 1 aromatic heterocycles. The highest BCUT2D eigenvalue weighted by atomic mass is 15.2. The molecule has 1 fully saturated rings. The van der Waals surface area contributed by atoms with Gasteiger partial charge in [-0.1, -0.05) is 20.3 Å². The molecule has 1 N–H and O–H groups in total. The van der Waals surface area contributed by atoms with Gasteiger partial charge in [0.1, 0.15) is 17.5 Å². The second-order valence-electron chi connectivity index (χ2n) is 5.25. The molecule has 4 nitrogen and oxygen atoms in total. The Morgan fingerprint density at radius 1 is 1.21 bits per heavy atom. The minimum atomic E-state index is 0.887. The fourth-order valence-corrected chi connectivity index (χ4v) is 2.65. The highest BCUT2D eigenvalue weighted by Crippen LogP contribution is 2.25. The minimum absolute atomic E-state index is 0.887. The van der Waals surface area contributed by atoms with Crippen LogP contribution in [-0.2, 0) is 6.42 Å². The van der Waals surface area contributed by atoms with Crippen molar-refractivity contribution in [2.45, 2.75) is 46.5 Å². The minimum Gasteiger partial charge on any atom is -0.370 e. The molecule has 0 radical (unpaired) electrons. The van der Waals surface area contributed by atoms with E-state index in [1.165, 1.54) is 19.3 Å². The maximum absolute atomic E-state index is 4.68. The zero-order chi connectivity index (χ0) is 13.7. The Morgan fingerprint density at radius 2 is 1.95 bits per heavy atom. The normalized spacial score (nSPS) is 16.7. The van der Waals surface area contributed by atoms with E-state index in [1.54, 1.807) is 0 Å². The Hall–Kier alpha value is -1.32. The molecule has 0 atom stereocenters. The first kappa shape index (κ1) is 14.1. The van der Waals surface area contributed by atoms with Crippen LogP contribution in [0.25, 0.3) is 0 Å². The first-order valence-corrected chi connectivity index (χ1v) is 7.63. The van der Waals surface area contributed by atoms with E-state index in [9.17, 15) is 0 Å². The Morgan fingerprint density at radius 3 is 2.53 bits per heavy atom. The molecule has 0 bridgehead atoms. The summed E-state index contributed by atoms with van der Waals surface area (Å²) in [6, 6.07) is 2.09. The lowest BCUT2D eigenvalue weighted by molar-refractivity contribution is 0.393. The summed E-state index contributed by atoms with van der Waals surface area (Å²) >= 11 is 0. The molecule has 0 saturated carbocycles. The molecular formula is C15H26N4. The third-order valence-corrected chi connectivity index (χ3v) is 3.95. The highest BCUT2D eigenvalue weighted by Gasteiger charge is 2.19. The molecule has 0 unspecified atom stereocenters. The smallest absolute Gasteiger partial charge is 0.134 e. The topological polar surface area (TPSA) is 41.0 Å². The van der Waals surface area contributed by atoms with Crippen molar-refractivity contribution in [1.29, 1.82) is 0 Å². The van der Waals surface area contributed by atoms with E-state index in [0.29, 0.717) is 0 Å². The second-order valence-corrected chi connectivity index (χ2v) is 5.25. The molecule has 2 rings (SSSR count). The lowest BCUT2D eigenvalue weighted by Gasteiger charge is -2.32. The summed E-state index contributed by atoms with van der Waals surface area (Å²) in [4.78, 5) is 11.6. The van der Waals surface area contributed by atoms with Gasteiger partial charge in [-0.3, -0.25) is 0 Å². The van der Waals surface area contributed by atoms with E-state index in [4.69, 9.17) is 0 Å². The molecule has 1 saturated heterocycles. The van der Waals surface area contributed by atoms with Gasteiger partial charge in [-0.15, -0.1) is 0 Å². The van der Waals surface area contributed by atoms with Gasteiger partial charge in [0.25, 0.3) is 0 Å². The number of anilines is 2. The third kappa shape index (κ3) is 3.58. The number of aromatic nitrogens is 2. The van der Waals surface area contributed by atoms with Crippen molar-refractivity contribution in [1.82, 2.24) is 9.97 Å². The predicted molar refractivity (Wildman–Crippen MR) is 80.8 cm³/mol. The molecule has 0 amide bonds. The number of hydrogen-bond donors (Lipinski definition) is 1. The first-order chi connectivity index (χ1) is 9.26. The van der Waals surface area contributed by atoms with Crippen molar-refractivity contribution in [3.8, 4) is 0 Å². The summed E-state index contributed by atoms with van der Waals surface area (Å²) in [6.07, 6.45) is 4.77. The van der Waals surface area contributed by atoms with Gasteiger partial charge in [-0.25, -0.2) is 9.97 Å². The maximum atomic E-state index is 4.68. The van der Waals surface area contributed by atoms with Crippen LogP contribution in [0.5, 0.6) is 0 Å². The quantitative estimate of drug-likeness (QED) is 0.885. The van der Waals surface area contributed by atoms with E-state index < -0.39 is 0 Å². The van der Waals surface area contributed by atoms with Gasteiger partial charge in [0, 0.05) is 32.1 Å². The fraction of sp³-hybridized carbons (Fsp3) is 0.733. The van der Waals surface area contributed by atoms with E-state index in [0.717, 1.165) is 49.4 Å². The van der Waals surface area contributed by atoms with Crippen LogP contribution in [0.1, 0.15) is 45.9 Å². The Balaban J connectivity index is 2.12. The second kappa shape index (κ2) is 6.73. The molecule has 106 valence electrons. The summed E-state index contributed by atoms with van der Waals surface area (Å²) in [5.41, 5.74) is 0. The molecule has 0 spiro atoms. The zero-order valence-electron chi connectivity index (χ0n) is 12.4. The molecule has 1 aromatic rings. The standard InChI is InChI=1S/C15H26N4/c1-4-12-7-9-19(10-8-12)15-11-14(16-6-3)17-13(5-2)18-15/h11-12H,4-10H2,1-3H3,(H,16,17,18). The Kier molecular flexibility index (Phi) is 5.00. The summed E-state index contributed by atoms with van der Waals surface area (Å²) in [6.45, 7) is 9.66. The van der Waals surface area contributed by atoms with Crippen molar-refractivity contribution in [3.05, 3.63) is 11.9 Å². The molecule has 19 heavy (non-hydrogen) atoms. The SMILES string of the molecule is CCNc1cc(N2CCC(CC)CC2)nc(CC)n1. The average Bonchev–Trinajstić information content (AvgIpc) is 2.47. The van der Waals surface area contributed by atoms with Crippen molar-refractivity contribution < 1.29 is 0 Å². The molecular weight excluding hydrogens is 236 g/mol. The van der Waals surface area contributed by atoms with Crippen molar-refractivity contribution >= 4 is 11.6 Å². The molecule has 0 aliphatic carbocycles. The average molecular weight is 262 g/mol. The number of aryl methyl sites for hydroxylation is 1. The number of nitrogens with one attached hydrogen (secondary N) is 1. The monoisotopic (exact) mass is 262 g/mol. The van der Waals surface area contributed by atoms with Crippen LogP contribution in [-0.4, -0.2) is 29.6 Å². The fourth-order valence-electron chi connectivity index (χ4n) is 2.65. The van der Waals surface area contributed by atoms with Crippen LogP contribution >= 0.6 is 0 Å². The van der Waals surface area contributed by atoms with E-state index in [-0.39, 0.29) is 0 Å². The summed E-state index contributed by atoms with van der Waals surface area (Å²) < 4.78 is 0. The van der Waals surface area contributed by atoms with Gasteiger partial charge in [0.15, 0.2) is 0 Å². The molecule has 4 heteroatoms. The lowest BCUT2D eigenvalue weighted by atomic mass is 9.94. The zero-order valence-corrected chi connectivity index (χ0v) is 12.4. The van der Waals surface area contributed by atoms with Gasteiger partial charge in [-0.2, -0.15) is 0 Å². The highest BCUT2D eigenvalue weighted by molar-refractivity contribution is 5.49. The van der Waals surface area contributed by atoms with Crippen LogP contribution in [0.4, 0.5) is 11.6 Å². The van der Waals surface area contributed by atoms with Crippen molar-refractivity contribution in [2.24, 2.45) is 5.92 Å². The van der Waals surface area contributed by atoms with Crippen LogP contribution in [0, 0.1) is 5.92 Å². The van der Waals surface area contributed by atoms with Crippen LogP contribution < -0.4 is 10.2 Å². The van der Waals surface area contributed by atoms with Gasteiger partial charge in [0.05, 0.1) is 0 Å². The third-order valence-electron chi connectivity index (χ3n) is 3.95. The molecule has 1 aliphatic rings. The number of hydrogen-bond acceptors (Lipinski definition) is 4. The van der Waals surface area contributed by atoms with Gasteiger partial charge >= 0.3 is 0 Å². The van der Waals surface area contributed by atoms with Crippen LogP contribution in [0.15, 0.2) is 6.07 Å².